The van der Waals surface area contributed by atoms with E-state index in [2.05, 4.69) is 30.5 Å². The van der Waals surface area contributed by atoms with Gasteiger partial charge in [-0.3, -0.25) is 4.79 Å². The van der Waals surface area contributed by atoms with Gasteiger partial charge in [0.15, 0.2) is 0 Å². The van der Waals surface area contributed by atoms with E-state index in [4.69, 9.17) is 4.74 Å². The van der Waals surface area contributed by atoms with Gasteiger partial charge in [0.25, 0.3) is 5.91 Å². The van der Waals surface area contributed by atoms with Crippen LogP contribution in [0.25, 0.3) is 0 Å². The molecule has 3 rings (SSSR count). The molecule has 0 aliphatic carbocycles. The first-order chi connectivity index (χ1) is 11.6. The molecular formula is C20H24N2O2. The van der Waals surface area contributed by atoms with Crippen molar-refractivity contribution >= 4 is 17.3 Å². The van der Waals surface area contributed by atoms with Gasteiger partial charge in [0, 0.05) is 18.8 Å². The minimum Gasteiger partial charge on any atom is -0.376 e. The normalized spacial score (nSPS) is 16.8. The van der Waals surface area contributed by atoms with E-state index in [0.29, 0.717) is 12.1 Å². The zero-order chi connectivity index (χ0) is 16.9. The maximum atomic E-state index is 12.6. The molecule has 0 spiro atoms. The first-order valence-electron chi connectivity index (χ1n) is 8.47. The van der Waals surface area contributed by atoms with E-state index in [0.717, 1.165) is 30.8 Å². The lowest BCUT2D eigenvalue weighted by molar-refractivity contribution is 0.0858. The molecule has 1 fully saturated rings. The Balaban J connectivity index is 1.74. The molecular weight excluding hydrogens is 300 g/mol. The van der Waals surface area contributed by atoms with Gasteiger partial charge in [-0.2, -0.15) is 0 Å². The quantitative estimate of drug-likeness (QED) is 0.875. The molecule has 2 N–H and O–H groups in total. The summed E-state index contributed by atoms with van der Waals surface area (Å²) in [4.78, 5) is 12.6. The van der Waals surface area contributed by atoms with E-state index >= 15 is 0 Å². The third kappa shape index (κ3) is 3.77. The van der Waals surface area contributed by atoms with Gasteiger partial charge in [0.2, 0.25) is 0 Å². The van der Waals surface area contributed by atoms with Crippen LogP contribution in [0, 0.1) is 13.8 Å². The molecule has 0 bridgehead atoms. The summed E-state index contributed by atoms with van der Waals surface area (Å²) in [5.41, 5.74) is 4.90. The van der Waals surface area contributed by atoms with Gasteiger partial charge in [-0.05, 0) is 56.0 Å². The average molecular weight is 324 g/mol. The summed E-state index contributed by atoms with van der Waals surface area (Å²) >= 11 is 0. The number of benzene rings is 2. The maximum absolute atomic E-state index is 12.6. The Morgan fingerprint density at radius 2 is 1.92 bits per heavy atom. The van der Waals surface area contributed by atoms with Crippen LogP contribution in [0.4, 0.5) is 11.4 Å². The predicted octanol–water partition coefficient (Wildman–Crippen LogP) is 3.96. The zero-order valence-electron chi connectivity index (χ0n) is 14.3. The number of amides is 1. The molecule has 0 aromatic heterocycles. The molecule has 2 aromatic rings. The number of anilines is 2. The smallest absolute Gasteiger partial charge is 0.253 e. The van der Waals surface area contributed by atoms with Gasteiger partial charge >= 0.3 is 0 Å². The van der Waals surface area contributed by atoms with Crippen molar-refractivity contribution in [2.24, 2.45) is 0 Å². The molecule has 0 saturated carbocycles. The molecule has 1 unspecified atom stereocenters. The summed E-state index contributed by atoms with van der Waals surface area (Å²) < 4.78 is 5.56. The summed E-state index contributed by atoms with van der Waals surface area (Å²) in [7, 11) is 0. The molecule has 24 heavy (non-hydrogen) atoms. The highest BCUT2D eigenvalue weighted by molar-refractivity contribution is 6.00. The van der Waals surface area contributed by atoms with E-state index in [-0.39, 0.29) is 12.0 Å². The highest BCUT2D eigenvalue weighted by Gasteiger charge is 2.18. The molecule has 4 heteroatoms. The van der Waals surface area contributed by atoms with Crippen LogP contribution in [-0.2, 0) is 4.74 Å². The van der Waals surface area contributed by atoms with Gasteiger partial charge in [-0.25, -0.2) is 0 Å². The van der Waals surface area contributed by atoms with Crippen molar-refractivity contribution in [1.29, 1.82) is 0 Å². The highest BCUT2D eigenvalue weighted by atomic mass is 16.5. The molecule has 1 saturated heterocycles. The monoisotopic (exact) mass is 324 g/mol. The molecule has 126 valence electrons. The van der Waals surface area contributed by atoms with Crippen molar-refractivity contribution < 1.29 is 9.53 Å². The Labute approximate surface area is 143 Å². The summed E-state index contributed by atoms with van der Waals surface area (Å²) in [6.07, 6.45) is 2.24. The van der Waals surface area contributed by atoms with Gasteiger partial charge in [0.05, 0.1) is 17.4 Å². The molecule has 0 radical (unpaired) electrons. The molecule has 2 aromatic carbocycles. The van der Waals surface area contributed by atoms with E-state index in [1.165, 1.54) is 11.1 Å². The summed E-state index contributed by atoms with van der Waals surface area (Å²) in [6, 6.07) is 13.7. The Hall–Kier alpha value is -2.33. The van der Waals surface area contributed by atoms with Crippen LogP contribution in [0.1, 0.15) is 34.3 Å². The third-order valence-corrected chi connectivity index (χ3v) is 4.56. The van der Waals surface area contributed by atoms with Crippen LogP contribution >= 0.6 is 0 Å². The fraction of sp³-hybridized carbons (Fsp3) is 0.350. The van der Waals surface area contributed by atoms with Crippen LogP contribution in [0.5, 0.6) is 0 Å². The van der Waals surface area contributed by atoms with Crippen molar-refractivity contribution in [2.45, 2.75) is 32.8 Å². The second kappa shape index (κ2) is 7.49. The van der Waals surface area contributed by atoms with Crippen molar-refractivity contribution in [1.82, 2.24) is 5.32 Å². The number of hydrogen-bond donors (Lipinski definition) is 2. The van der Waals surface area contributed by atoms with Crippen LogP contribution in [0.2, 0.25) is 0 Å². The maximum Gasteiger partial charge on any atom is 0.253 e. The van der Waals surface area contributed by atoms with Crippen LogP contribution in [0.15, 0.2) is 42.5 Å². The second-order valence-electron chi connectivity index (χ2n) is 6.26. The summed E-state index contributed by atoms with van der Waals surface area (Å²) in [5, 5.41) is 6.39. The van der Waals surface area contributed by atoms with Gasteiger partial charge in [0.1, 0.15) is 0 Å². The Bertz CT molecular complexity index is 721. The van der Waals surface area contributed by atoms with Gasteiger partial charge in [-0.1, -0.05) is 24.3 Å². The van der Waals surface area contributed by atoms with Crippen LogP contribution in [0.3, 0.4) is 0 Å². The number of nitrogens with one attached hydrogen (secondary N) is 2. The van der Waals surface area contributed by atoms with Crippen molar-refractivity contribution in [2.75, 3.05) is 18.5 Å². The number of para-hydroxylation sites is 1. The molecule has 1 atom stereocenters. The first-order valence-corrected chi connectivity index (χ1v) is 8.47. The number of rotatable bonds is 5. The second-order valence-corrected chi connectivity index (χ2v) is 6.26. The van der Waals surface area contributed by atoms with Crippen molar-refractivity contribution in [3.8, 4) is 0 Å². The standard InChI is InChI=1S/C20H24N2O2/c1-14-7-5-11-18(15(14)2)22-19-10-4-3-9-17(19)20(23)21-13-16-8-6-12-24-16/h3-5,7,9-11,16,22H,6,8,12-13H2,1-2H3,(H,21,23). The van der Waals surface area contributed by atoms with Crippen LogP contribution < -0.4 is 10.6 Å². The van der Waals surface area contributed by atoms with E-state index < -0.39 is 0 Å². The SMILES string of the molecule is Cc1cccc(Nc2ccccc2C(=O)NCC2CCCO2)c1C. The van der Waals surface area contributed by atoms with Crippen molar-refractivity contribution in [3.63, 3.8) is 0 Å². The van der Waals surface area contributed by atoms with Crippen LogP contribution in [-0.4, -0.2) is 25.2 Å². The highest BCUT2D eigenvalue weighted by Crippen LogP contribution is 2.25. The molecule has 1 aliphatic heterocycles. The topological polar surface area (TPSA) is 50.4 Å². The lowest BCUT2D eigenvalue weighted by atomic mass is 10.1. The van der Waals surface area contributed by atoms with Gasteiger partial charge in [-0.15, -0.1) is 0 Å². The Morgan fingerprint density at radius 3 is 2.71 bits per heavy atom. The van der Waals surface area contributed by atoms with E-state index in [1.807, 2.05) is 36.4 Å². The fourth-order valence-electron chi connectivity index (χ4n) is 2.93. The van der Waals surface area contributed by atoms with Gasteiger partial charge < -0.3 is 15.4 Å². The number of hydrogen-bond acceptors (Lipinski definition) is 3. The Morgan fingerprint density at radius 1 is 1.12 bits per heavy atom. The lowest BCUT2D eigenvalue weighted by Gasteiger charge is -2.16. The minimum absolute atomic E-state index is 0.0705. The molecule has 1 amide bonds. The molecule has 4 nitrogen and oxygen atoms in total. The van der Waals surface area contributed by atoms with Crippen molar-refractivity contribution in [3.05, 3.63) is 59.2 Å². The number of carbonyl (C=O) groups is 1. The number of aryl methyl sites for hydroxylation is 1. The Kier molecular flexibility index (Phi) is 5.16. The predicted molar refractivity (Wildman–Crippen MR) is 96.9 cm³/mol. The molecule has 1 heterocycles. The zero-order valence-corrected chi connectivity index (χ0v) is 14.3. The van der Waals surface area contributed by atoms with E-state index in [1.54, 1.807) is 0 Å². The minimum atomic E-state index is -0.0705. The van der Waals surface area contributed by atoms with E-state index in [9.17, 15) is 4.79 Å². The average Bonchev–Trinajstić information content (AvgIpc) is 3.11. The lowest BCUT2D eigenvalue weighted by Crippen LogP contribution is -2.32. The number of ether oxygens (including phenoxy) is 1. The fourth-order valence-corrected chi connectivity index (χ4v) is 2.93. The summed E-state index contributed by atoms with van der Waals surface area (Å²) in [6.45, 7) is 5.53. The first kappa shape index (κ1) is 16.5. The summed E-state index contributed by atoms with van der Waals surface area (Å²) in [5.74, 6) is -0.0705. The molecule has 1 aliphatic rings. The number of carbonyl (C=O) groups excluding carboxylic acids is 1. The third-order valence-electron chi connectivity index (χ3n) is 4.56. The largest absolute Gasteiger partial charge is 0.376 e.